The Morgan fingerprint density at radius 2 is 2.00 bits per heavy atom. The molecule has 0 spiro atoms. The summed E-state index contributed by atoms with van der Waals surface area (Å²) in [6, 6.07) is 2.55. The molecule has 4 nitrogen and oxygen atoms in total. The van der Waals surface area contributed by atoms with Gasteiger partial charge in [0.15, 0.2) is 5.78 Å². The number of carbonyl (C=O) groups excluding carboxylic acids is 1. The number of phenols is 2. The van der Waals surface area contributed by atoms with Gasteiger partial charge in [0, 0.05) is 6.07 Å². The van der Waals surface area contributed by atoms with Crippen molar-refractivity contribution in [3.8, 4) is 11.5 Å². The molecule has 4 heteroatoms. The molecule has 0 saturated carbocycles. The minimum atomic E-state index is -0.347. The summed E-state index contributed by atoms with van der Waals surface area (Å²) in [6.07, 6.45) is 0. The van der Waals surface area contributed by atoms with Crippen LogP contribution < -0.4 is 5.73 Å². The molecule has 1 rings (SSSR count). The van der Waals surface area contributed by atoms with Crippen molar-refractivity contribution in [2.75, 3.05) is 6.54 Å². The first-order valence-electron chi connectivity index (χ1n) is 3.82. The number of rotatable bonds is 2. The molecule has 1 aromatic carbocycles. The van der Waals surface area contributed by atoms with E-state index in [1.165, 1.54) is 6.07 Å². The molecule has 0 saturated heterocycles. The van der Waals surface area contributed by atoms with Crippen molar-refractivity contribution >= 4 is 5.78 Å². The number of nitrogens with two attached hydrogens (primary N) is 1. The largest absolute Gasteiger partial charge is 0.508 e. The molecular weight excluding hydrogens is 170 g/mol. The second-order valence-electron chi connectivity index (χ2n) is 2.78. The highest BCUT2D eigenvalue weighted by Crippen LogP contribution is 2.26. The first kappa shape index (κ1) is 9.54. The van der Waals surface area contributed by atoms with Gasteiger partial charge in [-0.25, -0.2) is 0 Å². The number of carbonyl (C=O) groups is 1. The zero-order valence-corrected chi connectivity index (χ0v) is 7.24. The van der Waals surface area contributed by atoms with Crippen LogP contribution in [0.15, 0.2) is 12.1 Å². The van der Waals surface area contributed by atoms with Crippen molar-refractivity contribution in [1.29, 1.82) is 0 Å². The van der Waals surface area contributed by atoms with Crippen LogP contribution in [0.5, 0.6) is 11.5 Å². The van der Waals surface area contributed by atoms with E-state index in [4.69, 9.17) is 5.73 Å². The van der Waals surface area contributed by atoms with Crippen LogP contribution in [0.3, 0.4) is 0 Å². The normalized spacial score (nSPS) is 10.0. The summed E-state index contributed by atoms with van der Waals surface area (Å²) in [7, 11) is 0. The van der Waals surface area contributed by atoms with Gasteiger partial charge in [-0.2, -0.15) is 0 Å². The highest BCUT2D eigenvalue weighted by Gasteiger charge is 2.11. The predicted octanol–water partition coefficient (Wildman–Crippen LogP) is 0.548. The summed E-state index contributed by atoms with van der Waals surface area (Å²) in [6.45, 7) is 1.49. The number of phenolic OH excluding ortho intramolecular Hbond substituents is 2. The van der Waals surface area contributed by atoms with Gasteiger partial charge >= 0.3 is 0 Å². The Bertz CT molecular complexity index is 347. The summed E-state index contributed by atoms with van der Waals surface area (Å²) in [4.78, 5) is 11.1. The molecule has 0 fully saturated rings. The molecule has 0 atom stereocenters. The van der Waals surface area contributed by atoms with Crippen molar-refractivity contribution in [2.45, 2.75) is 6.92 Å². The lowest BCUT2D eigenvalue weighted by Crippen LogP contribution is -2.13. The first-order chi connectivity index (χ1) is 6.06. The van der Waals surface area contributed by atoms with E-state index < -0.39 is 0 Å². The van der Waals surface area contributed by atoms with E-state index in [1.807, 2.05) is 0 Å². The van der Waals surface area contributed by atoms with Gasteiger partial charge in [0.25, 0.3) is 0 Å². The van der Waals surface area contributed by atoms with Crippen LogP contribution in [0.2, 0.25) is 0 Å². The van der Waals surface area contributed by atoms with Crippen LogP contribution in [0, 0.1) is 6.92 Å². The molecule has 0 aliphatic rings. The van der Waals surface area contributed by atoms with Crippen molar-refractivity contribution in [3.05, 3.63) is 23.3 Å². The lowest BCUT2D eigenvalue weighted by Gasteiger charge is -2.05. The molecule has 0 heterocycles. The Hall–Kier alpha value is -1.55. The fourth-order valence-corrected chi connectivity index (χ4v) is 1.02. The van der Waals surface area contributed by atoms with Crippen LogP contribution in [0.1, 0.15) is 15.9 Å². The summed E-state index contributed by atoms with van der Waals surface area (Å²) in [5.74, 6) is -0.620. The Morgan fingerprint density at radius 3 is 2.54 bits per heavy atom. The van der Waals surface area contributed by atoms with Gasteiger partial charge in [-0.15, -0.1) is 0 Å². The van der Waals surface area contributed by atoms with Crippen LogP contribution in [0.4, 0.5) is 0 Å². The third-order valence-corrected chi connectivity index (χ3v) is 1.80. The Morgan fingerprint density at radius 1 is 1.38 bits per heavy atom. The van der Waals surface area contributed by atoms with Gasteiger partial charge in [-0.1, -0.05) is 0 Å². The monoisotopic (exact) mass is 181 g/mol. The molecule has 1 aromatic rings. The average molecular weight is 181 g/mol. The minimum Gasteiger partial charge on any atom is -0.508 e. The lowest BCUT2D eigenvalue weighted by atomic mass is 10.1. The molecule has 0 aliphatic heterocycles. The van der Waals surface area contributed by atoms with Crippen LogP contribution >= 0.6 is 0 Å². The zero-order valence-electron chi connectivity index (χ0n) is 7.24. The Kier molecular flexibility index (Phi) is 2.53. The van der Waals surface area contributed by atoms with Crippen LogP contribution in [-0.2, 0) is 0 Å². The van der Waals surface area contributed by atoms with E-state index in [0.717, 1.165) is 6.07 Å². The van der Waals surface area contributed by atoms with Gasteiger partial charge < -0.3 is 15.9 Å². The summed E-state index contributed by atoms with van der Waals surface area (Å²) in [5, 5.41) is 18.5. The van der Waals surface area contributed by atoms with Crippen molar-refractivity contribution in [3.63, 3.8) is 0 Å². The Labute approximate surface area is 75.6 Å². The molecule has 0 amide bonds. The quantitative estimate of drug-likeness (QED) is 0.582. The van der Waals surface area contributed by atoms with E-state index in [2.05, 4.69) is 0 Å². The fourth-order valence-electron chi connectivity index (χ4n) is 1.02. The van der Waals surface area contributed by atoms with Crippen LogP contribution in [-0.4, -0.2) is 22.5 Å². The highest BCUT2D eigenvalue weighted by atomic mass is 16.3. The van der Waals surface area contributed by atoms with Gasteiger partial charge in [-0.3, -0.25) is 4.79 Å². The molecule has 0 aromatic heterocycles. The summed E-state index contributed by atoms with van der Waals surface area (Å²) >= 11 is 0. The van der Waals surface area contributed by atoms with Gasteiger partial charge in [0.1, 0.15) is 11.5 Å². The number of hydrogen-bond donors (Lipinski definition) is 3. The number of aryl methyl sites for hydroxylation is 1. The smallest absolute Gasteiger partial charge is 0.180 e. The molecule has 0 aliphatic carbocycles. The maximum atomic E-state index is 11.1. The minimum absolute atomic E-state index is 0.0360. The molecule has 13 heavy (non-hydrogen) atoms. The molecule has 0 unspecified atom stereocenters. The lowest BCUT2D eigenvalue weighted by molar-refractivity contribution is 0.0998. The van der Waals surface area contributed by atoms with E-state index in [9.17, 15) is 15.0 Å². The van der Waals surface area contributed by atoms with E-state index in [-0.39, 0.29) is 29.4 Å². The standard InChI is InChI=1S/C9H11NO3/c1-5-2-6(9(13)4-10)8(12)3-7(5)11/h2-3,11-12H,4,10H2,1H3. The molecule has 0 bridgehead atoms. The third-order valence-electron chi connectivity index (χ3n) is 1.80. The molecule has 0 radical (unpaired) electrons. The highest BCUT2D eigenvalue weighted by molar-refractivity contribution is 6.00. The van der Waals surface area contributed by atoms with Gasteiger partial charge in [-0.05, 0) is 18.6 Å². The average Bonchev–Trinajstić information content (AvgIpc) is 2.10. The predicted molar refractivity (Wildman–Crippen MR) is 47.9 cm³/mol. The number of ketones is 1. The first-order valence-corrected chi connectivity index (χ1v) is 3.82. The van der Waals surface area contributed by atoms with E-state index in [1.54, 1.807) is 6.92 Å². The Balaban J connectivity index is 3.23. The fraction of sp³-hybridized carbons (Fsp3) is 0.222. The van der Waals surface area contributed by atoms with E-state index in [0.29, 0.717) is 5.56 Å². The number of aromatic hydroxyl groups is 2. The third kappa shape index (κ3) is 1.78. The van der Waals surface area contributed by atoms with E-state index >= 15 is 0 Å². The van der Waals surface area contributed by atoms with Crippen LogP contribution in [0.25, 0.3) is 0 Å². The molecular formula is C9H11NO3. The SMILES string of the molecule is Cc1cc(C(=O)CN)c(O)cc1O. The summed E-state index contributed by atoms with van der Waals surface area (Å²) in [5.41, 5.74) is 5.83. The van der Waals surface area contributed by atoms with Crippen molar-refractivity contribution in [1.82, 2.24) is 0 Å². The molecule has 70 valence electrons. The maximum Gasteiger partial charge on any atom is 0.180 e. The number of benzene rings is 1. The zero-order chi connectivity index (χ0) is 10.0. The van der Waals surface area contributed by atoms with Crippen molar-refractivity contribution < 1.29 is 15.0 Å². The second kappa shape index (κ2) is 3.45. The van der Waals surface area contributed by atoms with Gasteiger partial charge in [0.05, 0.1) is 12.1 Å². The number of hydrogen-bond acceptors (Lipinski definition) is 4. The summed E-state index contributed by atoms with van der Waals surface area (Å²) < 4.78 is 0. The topological polar surface area (TPSA) is 83.6 Å². The maximum absolute atomic E-state index is 11.1. The van der Waals surface area contributed by atoms with Gasteiger partial charge in [0.2, 0.25) is 0 Å². The molecule has 4 N–H and O–H groups in total. The number of Topliss-reactive ketones (excluding diaryl/α,β-unsaturated/α-hetero) is 1. The second-order valence-corrected chi connectivity index (χ2v) is 2.78. The van der Waals surface area contributed by atoms with Crippen molar-refractivity contribution in [2.24, 2.45) is 5.73 Å².